The summed E-state index contributed by atoms with van der Waals surface area (Å²) in [4.78, 5) is 12.1. The molecule has 0 heterocycles. The first-order valence-corrected chi connectivity index (χ1v) is 5.90. The zero-order valence-electron chi connectivity index (χ0n) is 10.8. The minimum absolute atomic E-state index is 0.138. The van der Waals surface area contributed by atoms with Gasteiger partial charge in [0.1, 0.15) is 5.82 Å². The Bertz CT molecular complexity index is 618. The number of benzene rings is 2. The minimum Gasteiger partial charge on any atom is -0.398 e. The van der Waals surface area contributed by atoms with E-state index in [2.05, 4.69) is 5.32 Å². The summed E-state index contributed by atoms with van der Waals surface area (Å²) in [6.07, 6.45) is 0. The zero-order chi connectivity index (χ0) is 14.0. The first-order valence-electron chi connectivity index (χ1n) is 5.90. The van der Waals surface area contributed by atoms with Gasteiger partial charge in [-0.1, -0.05) is 6.07 Å². The van der Waals surface area contributed by atoms with Crippen LogP contribution in [-0.2, 0) is 0 Å². The Morgan fingerprint density at radius 1 is 1.11 bits per heavy atom. The molecule has 0 saturated carbocycles. The van der Waals surface area contributed by atoms with Crippen LogP contribution in [0.15, 0.2) is 36.4 Å². The van der Waals surface area contributed by atoms with Gasteiger partial charge in [0.05, 0.1) is 5.56 Å². The number of rotatable bonds is 2. The number of nitrogens with one attached hydrogen (secondary N) is 1. The monoisotopic (exact) mass is 258 g/mol. The lowest BCUT2D eigenvalue weighted by Gasteiger charge is -2.09. The van der Waals surface area contributed by atoms with Crippen LogP contribution in [0.4, 0.5) is 15.8 Å². The second kappa shape index (κ2) is 5.10. The Morgan fingerprint density at radius 2 is 1.74 bits per heavy atom. The van der Waals surface area contributed by atoms with Gasteiger partial charge in [-0.05, 0) is 55.3 Å². The second-order valence-corrected chi connectivity index (χ2v) is 4.56. The van der Waals surface area contributed by atoms with Gasteiger partial charge in [-0.25, -0.2) is 4.39 Å². The lowest BCUT2D eigenvalue weighted by atomic mass is 10.1. The van der Waals surface area contributed by atoms with Crippen LogP contribution in [0.5, 0.6) is 0 Å². The predicted octanol–water partition coefficient (Wildman–Crippen LogP) is 3.28. The predicted molar refractivity (Wildman–Crippen MR) is 74.7 cm³/mol. The van der Waals surface area contributed by atoms with Crippen molar-refractivity contribution in [2.45, 2.75) is 13.8 Å². The fourth-order valence-electron chi connectivity index (χ4n) is 1.97. The van der Waals surface area contributed by atoms with Crippen molar-refractivity contribution in [1.29, 1.82) is 0 Å². The van der Waals surface area contributed by atoms with E-state index in [1.54, 1.807) is 0 Å². The van der Waals surface area contributed by atoms with Crippen LogP contribution in [0.3, 0.4) is 0 Å². The maximum absolute atomic E-state index is 13.1. The molecule has 0 aliphatic rings. The molecule has 19 heavy (non-hydrogen) atoms. The Balaban J connectivity index is 2.28. The van der Waals surface area contributed by atoms with Gasteiger partial charge in [0.25, 0.3) is 5.91 Å². The molecule has 2 rings (SSSR count). The molecule has 0 aliphatic carbocycles. The number of hydrogen-bond acceptors (Lipinski definition) is 2. The van der Waals surface area contributed by atoms with E-state index in [1.165, 1.54) is 12.1 Å². The van der Waals surface area contributed by atoms with E-state index in [0.29, 0.717) is 5.69 Å². The van der Waals surface area contributed by atoms with Gasteiger partial charge in [-0.2, -0.15) is 0 Å². The lowest BCUT2D eigenvalue weighted by Crippen LogP contribution is -2.14. The molecule has 98 valence electrons. The highest BCUT2D eigenvalue weighted by molar-refractivity contribution is 6.07. The first kappa shape index (κ1) is 13.1. The molecule has 0 aliphatic heterocycles. The molecule has 0 radical (unpaired) electrons. The number of aryl methyl sites for hydroxylation is 2. The van der Waals surface area contributed by atoms with E-state index in [1.807, 2.05) is 32.0 Å². The van der Waals surface area contributed by atoms with Crippen molar-refractivity contribution >= 4 is 17.3 Å². The molecular formula is C15H15FN2O. The summed E-state index contributed by atoms with van der Waals surface area (Å²) in [5, 5.41) is 2.72. The average Bonchev–Trinajstić information content (AvgIpc) is 2.30. The SMILES string of the molecule is Cc1cc(C)cc(NC(=O)c2cc(F)ccc2N)c1. The number of hydrogen-bond donors (Lipinski definition) is 2. The van der Waals surface area contributed by atoms with Crippen LogP contribution in [-0.4, -0.2) is 5.91 Å². The number of carbonyl (C=O) groups excluding carboxylic acids is 1. The van der Waals surface area contributed by atoms with Crippen molar-refractivity contribution in [2.75, 3.05) is 11.1 Å². The van der Waals surface area contributed by atoms with Gasteiger partial charge in [-0.15, -0.1) is 0 Å². The molecule has 4 heteroatoms. The van der Waals surface area contributed by atoms with Crippen molar-refractivity contribution in [3.8, 4) is 0 Å². The summed E-state index contributed by atoms with van der Waals surface area (Å²) in [6.45, 7) is 3.89. The quantitative estimate of drug-likeness (QED) is 0.812. The topological polar surface area (TPSA) is 55.1 Å². The van der Waals surface area contributed by atoms with Crippen LogP contribution in [0.25, 0.3) is 0 Å². The van der Waals surface area contributed by atoms with Crippen LogP contribution in [0.1, 0.15) is 21.5 Å². The standard InChI is InChI=1S/C15H15FN2O/c1-9-5-10(2)7-12(6-9)18-15(19)13-8-11(16)3-4-14(13)17/h3-8H,17H2,1-2H3,(H,18,19). The Morgan fingerprint density at radius 3 is 2.37 bits per heavy atom. The summed E-state index contributed by atoms with van der Waals surface area (Å²) in [5.41, 5.74) is 8.83. The molecule has 3 nitrogen and oxygen atoms in total. The van der Waals surface area contributed by atoms with Gasteiger partial charge >= 0.3 is 0 Å². The summed E-state index contributed by atoms with van der Waals surface area (Å²) in [6, 6.07) is 9.44. The van der Waals surface area contributed by atoms with Crippen molar-refractivity contribution < 1.29 is 9.18 Å². The zero-order valence-corrected chi connectivity index (χ0v) is 10.8. The lowest BCUT2D eigenvalue weighted by molar-refractivity contribution is 0.102. The van der Waals surface area contributed by atoms with Gasteiger partial charge in [0.15, 0.2) is 0 Å². The first-order chi connectivity index (χ1) is 8.95. The summed E-state index contributed by atoms with van der Waals surface area (Å²) in [7, 11) is 0. The van der Waals surface area contributed by atoms with E-state index >= 15 is 0 Å². The van der Waals surface area contributed by atoms with Crippen molar-refractivity contribution in [2.24, 2.45) is 0 Å². The summed E-state index contributed by atoms with van der Waals surface area (Å²) < 4.78 is 13.1. The van der Waals surface area contributed by atoms with Crippen LogP contribution in [0.2, 0.25) is 0 Å². The Hall–Kier alpha value is -2.36. The molecule has 2 aromatic rings. The third-order valence-electron chi connectivity index (χ3n) is 2.74. The van der Waals surface area contributed by atoms with Gasteiger partial charge in [0.2, 0.25) is 0 Å². The maximum Gasteiger partial charge on any atom is 0.257 e. The number of halogens is 1. The molecule has 2 aromatic carbocycles. The fraction of sp³-hybridized carbons (Fsp3) is 0.133. The van der Waals surface area contributed by atoms with Crippen LogP contribution >= 0.6 is 0 Å². The third kappa shape index (κ3) is 3.10. The van der Waals surface area contributed by atoms with E-state index in [4.69, 9.17) is 5.73 Å². The number of nitrogens with two attached hydrogens (primary N) is 1. The molecule has 0 unspecified atom stereocenters. The smallest absolute Gasteiger partial charge is 0.257 e. The van der Waals surface area contributed by atoms with Gasteiger partial charge < -0.3 is 11.1 Å². The third-order valence-corrected chi connectivity index (χ3v) is 2.74. The molecule has 0 aromatic heterocycles. The summed E-state index contributed by atoms with van der Waals surface area (Å²) in [5.74, 6) is -0.901. The number of amides is 1. The Kier molecular flexibility index (Phi) is 3.51. The highest BCUT2D eigenvalue weighted by Crippen LogP contribution is 2.18. The largest absolute Gasteiger partial charge is 0.398 e. The van der Waals surface area contributed by atoms with E-state index in [9.17, 15) is 9.18 Å². The minimum atomic E-state index is -0.486. The fourth-order valence-corrected chi connectivity index (χ4v) is 1.97. The summed E-state index contributed by atoms with van der Waals surface area (Å²) >= 11 is 0. The highest BCUT2D eigenvalue weighted by atomic mass is 19.1. The van der Waals surface area contributed by atoms with Gasteiger partial charge in [-0.3, -0.25) is 4.79 Å². The molecule has 0 bridgehead atoms. The van der Waals surface area contributed by atoms with Crippen molar-refractivity contribution in [3.63, 3.8) is 0 Å². The number of anilines is 2. The number of carbonyl (C=O) groups is 1. The Labute approximate surface area is 111 Å². The average molecular weight is 258 g/mol. The second-order valence-electron chi connectivity index (χ2n) is 4.56. The van der Waals surface area contributed by atoms with Gasteiger partial charge in [0, 0.05) is 11.4 Å². The van der Waals surface area contributed by atoms with E-state index < -0.39 is 11.7 Å². The molecule has 3 N–H and O–H groups in total. The van der Waals surface area contributed by atoms with Crippen molar-refractivity contribution in [3.05, 3.63) is 58.9 Å². The molecule has 0 saturated heterocycles. The highest BCUT2D eigenvalue weighted by Gasteiger charge is 2.11. The van der Waals surface area contributed by atoms with Crippen LogP contribution < -0.4 is 11.1 Å². The molecule has 1 amide bonds. The maximum atomic E-state index is 13.1. The van der Waals surface area contributed by atoms with Crippen LogP contribution in [0, 0.1) is 19.7 Å². The van der Waals surface area contributed by atoms with E-state index in [-0.39, 0.29) is 11.3 Å². The molecule has 0 fully saturated rings. The molecule has 0 spiro atoms. The normalized spacial score (nSPS) is 10.3. The molecular weight excluding hydrogens is 243 g/mol. The number of nitrogen functional groups attached to an aromatic ring is 1. The van der Waals surface area contributed by atoms with E-state index in [0.717, 1.165) is 17.2 Å². The van der Waals surface area contributed by atoms with Crippen molar-refractivity contribution in [1.82, 2.24) is 0 Å². The molecule has 0 atom stereocenters.